The van der Waals surface area contributed by atoms with E-state index in [1.807, 2.05) is 0 Å². The minimum atomic E-state index is -1.11. The number of hydrogen-bond donors (Lipinski definition) is 4. The number of halogens is 1. The van der Waals surface area contributed by atoms with Crippen LogP contribution in [0.25, 0.3) is 11.1 Å². The molecule has 0 aliphatic heterocycles. The molecule has 2 aromatic carbocycles. The van der Waals surface area contributed by atoms with Crippen LogP contribution >= 0.6 is 0 Å². The number of hydrogen-bond acceptors (Lipinski definition) is 4. The van der Waals surface area contributed by atoms with E-state index in [1.54, 1.807) is 0 Å². The largest absolute Gasteiger partial charge is 0.507 e. The van der Waals surface area contributed by atoms with Crippen molar-refractivity contribution in [1.82, 2.24) is 0 Å². The Bertz CT molecular complexity index is 561. The fourth-order valence-corrected chi connectivity index (χ4v) is 1.55. The summed E-state index contributed by atoms with van der Waals surface area (Å²) in [5, 5.41) is 37.5. The first-order chi connectivity index (χ1) is 8.02. The molecule has 0 atom stereocenters. The average molecular weight is 236 g/mol. The molecule has 2 aromatic rings. The van der Waals surface area contributed by atoms with Gasteiger partial charge < -0.3 is 20.4 Å². The second-order valence-electron chi connectivity index (χ2n) is 3.47. The minimum Gasteiger partial charge on any atom is -0.507 e. The molecule has 17 heavy (non-hydrogen) atoms. The molecule has 0 unspecified atom stereocenters. The molecule has 4 nitrogen and oxygen atoms in total. The number of benzene rings is 2. The van der Waals surface area contributed by atoms with Crippen molar-refractivity contribution in [1.29, 1.82) is 0 Å². The second kappa shape index (κ2) is 3.86. The third kappa shape index (κ3) is 1.71. The lowest BCUT2D eigenvalue weighted by Gasteiger charge is -2.09. The van der Waals surface area contributed by atoms with E-state index in [2.05, 4.69) is 0 Å². The van der Waals surface area contributed by atoms with E-state index in [0.29, 0.717) is 0 Å². The van der Waals surface area contributed by atoms with Crippen molar-refractivity contribution in [3.63, 3.8) is 0 Å². The normalized spacial score (nSPS) is 10.4. The first-order valence-electron chi connectivity index (χ1n) is 4.74. The number of rotatable bonds is 1. The summed E-state index contributed by atoms with van der Waals surface area (Å²) in [6, 6.07) is 6.17. The van der Waals surface area contributed by atoms with Gasteiger partial charge in [-0.1, -0.05) is 6.07 Å². The first-order valence-corrected chi connectivity index (χ1v) is 4.74. The molecule has 4 N–H and O–H groups in total. The summed E-state index contributed by atoms with van der Waals surface area (Å²) in [4.78, 5) is 0. The zero-order valence-electron chi connectivity index (χ0n) is 8.55. The van der Waals surface area contributed by atoms with Crippen LogP contribution in [-0.2, 0) is 0 Å². The minimum absolute atomic E-state index is 0.139. The van der Waals surface area contributed by atoms with Crippen molar-refractivity contribution in [3.8, 4) is 34.1 Å². The van der Waals surface area contributed by atoms with Crippen LogP contribution in [0.3, 0.4) is 0 Å². The van der Waals surface area contributed by atoms with Gasteiger partial charge in [-0.3, -0.25) is 0 Å². The molecule has 0 heterocycles. The van der Waals surface area contributed by atoms with E-state index in [1.165, 1.54) is 18.2 Å². The van der Waals surface area contributed by atoms with E-state index in [9.17, 15) is 19.7 Å². The van der Waals surface area contributed by atoms with Crippen LogP contribution in [0.15, 0.2) is 30.3 Å². The van der Waals surface area contributed by atoms with Gasteiger partial charge in [0.1, 0.15) is 11.5 Å². The summed E-state index contributed by atoms with van der Waals surface area (Å²) < 4.78 is 13.7. The van der Waals surface area contributed by atoms with E-state index in [-0.39, 0.29) is 22.6 Å². The molecule has 5 heteroatoms. The third-order valence-corrected chi connectivity index (χ3v) is 2.38. The Labute approximate surface area is 95.8 Å². The maximum absolute atomic E-state index is 13.7. The molecule has 0 saturated carbocycles. The lowest BCUT2D eigenvalue weighted by Crippen LogP contribution is -1.87. The van der Waals surface area contributed by atoms with Crippen molar-refractivity contribution in [2.24, 2.45) is 0 Å². The third-order valence-electron chi connectivity index (χ3n) is 2.38. The maximum atomic E-state index is 13.7. The van der Waals surface area contributed by atoms with E-state index in [4.69, 9.17) is 5.11 Å². The smallest absolute Gasteiger partial charge is 0.194 e. The number of aromatic hydroxyl groups is 4. The molecule has 0 aromatic heterocycles. The highest BCUT2D eigenvalue weighted by molar-refractivity contribution is 5.78. The summed E-state index contributed by atoms with van der Waals surface area (Å²) in [6.07, 6.45) is 0. The Hall–Kier alpha value is -2.43. The number of phenols is 4. The van der Waals surface area contributed by atoms with E-state index in [0.717, 1.165) is 12.1 Å². The van der Waals surface area contributed by atoms with Crippen LogP contribution in [0.2, 0.25) is 0 Å². The van der Waals surface area contributed by atoms with Gasteiger partial charge in [0, 0.05) is 5.56 Å². The molecular weight excluding hydrogens is 227 g/mol. The van der Waals surface area contributed by atoms with Crippen LogP contribution in [0.1, 0.15) is 0 Å². The van der Waals surface area contributed by atoms with Gasteiger partial charge in [-0.05, 0) is 24.3 Å². The lowest BCUT2D eigenvalue weighted by molar-refractivity contribution is 0.379. The average Bonchev–Trinajstić information content (AvgIpc) is 2.29. The zero-order chi connectivity index (χ0) is 12.6. The quantitative estimate of drug-likeness (QED) is 0.573. The van der Waals surface area contributed by atoms with Crippen molar-refractivity contribution in [2.45, 2.75) is 0 Å². The summed E-state index contributed by atoms with van der Waals surface area (Å²) in [5.74, 6) is -3.30. The van der Waals surface area contributed by atoms with Gasteiger partial charge in [0.05, 0.1) is 5.56 Å². The molecule has 2 rings (SSSR count). The fourth-order valence-electron chi connectivity index (χ4n) is 1.55. The number of phenolic OH excluding ortho intramolecular Hbond substituents is 4. The van der Waals surface area contributed by atoms with Gasteiger partial charge in [-0.15, -0.1) is 0 Å². The second-order valence-corrected chi connectivity index (χ2v) is 3.47. The van der Waals surface area contributed by atoms with Gasteiger partial charge in [0.15, 0.2) is 17.3 Å². The van der Waals surface area contributed by atoms with Gasteiger partial charge in [-0.25, -0.2) is 4.39 Å². The van der Waals surface area contributed by atoms with Gasteiger partial charge in [-0.2, -0.15) is 0 Å². The predicted octanol–water partition coefficient (Wildman–Crippen LogP) is 2.32. The highest BCUT2D eigenvalue weighted by Gasteiger charge is 2.18. The Morgan fingerprint density at radius 3 is 1.94 bits per heavy atom. The molecular formula is C12H9FO4. The molecule has 88 valence electrons. The Balaban J connectivity index is 2.74. The summed E-state index contributed by atoms with van der Waals surface area (Å²) >= 11 is 0. The Kier molecular flexibility index (Phi) is 2.51. The zero-order valence-corrected chi connectivity index (χ0v) is 8.55. The maximum Gasteiger partial charge on any atom is 0.194 e. The molecule has 0 aliphatic rings. The molecule has 0 spiro atoms. The SMILES string of the molecule is Oc1ccc(-c2c(O)cccc2O)c(F)c1O. The fraction of sp³-hybridized carbons (Fsp3) is 0. The van der Waals surface area contributed by atoms with E-state index < -0.39 is 17.3 Å². The lowest BCUT2D eigenvalue weighted by atomic mass is 10.0. The summed E-state index contributed by atoms with van der Waals surface area (Å²) in [6.45, 7) is 0. The topological polar surface area (TPSA) is 80.9 Å². The van der Waals surface area contributed by atoms with Crippen LogP contribution in [-0.4, -0.2) is 20.4 Å². The van der Waals surface area contributed by atoms with Crippen molar-refractivity contribution >= 4 is 0 Å². The first kappa shape index (κ1) is 11.1. The standard InChI is InChI=1S/C12H9FO4/c13-11-6(4-5-9(16)12(11)17)10-7(14)2-1-3-8(10)15/h1-5,14-17H. The van der Waals surface area contributed by atoms with Crippen molar-refractivity contribution < 1.29 is 24.8 Å². The van der Waals surface area contributed by atoms with Crippen molar-refractivity contribution in [3.05, 3.63) is 36.1 Å². The highest BCUT2D eigenvalue weighted by Crippen LogP contribution is 2.42. The molecule has 0 aliphatic carbocycles. The Morgan fingerprint density at radius 2 is 1.35 bits per heavy atom. The molecule has 0 saturated heterocycles. The highest BCUT2D eigenvalue weighted by atomic mass is 19.1. The molecule has 0 amide bonds. The monoisotopic (exact) mass is 236 g/mol. The van der Waals surface area contributed by atoms with Gasteiger partial charge in [0.2, 0.25) is 0 Å². The van der Waals surface area contributed by atoms with Crippen LogP contribution in [0, 0.1) is 5.82 Å². The van der Waals surface area contributed by atoms with E-state index >= 15 is 0 Å². The van der Waals surface area contributed by atoms with Crippen LogP contribution in [0.4, 0.5) is 4.39 Å². The molecule has 0 bridgehead atoms. The molecule has 0 fully saturated rings. The molecule has 0 radical (unpaired) electrons. The van der Waals surface area contributed by atoms with Gasteiger partial charge in [0.25, 0.3) is 0 Å². The Morgan fingerprint density at radius 1 is 0.765 bits per heavy atom. The van der Waals surface area contributed by atoms with Crippen LogP contribution < -0.4 is 0 Å². The van der Waals surface area contributed by atoms with Crippen LogP contribution in [0.5, 0.6) is 23.0 Å². The van der Waals surface area contributed by atoms with Crippen molar-refractivity contribution in [2.75, 3.05) is 0 Å². The summed E-state index contributed by atoms with van der Waals surface area (Å²) in [5.41, 5.74) is -0.337. The summed E-state index contributed by atoms with van der Waals surface area (Å²) in [7, 11) is 0. The predicted molar refractivity (Wildman–Crippen MR) is 58.5 cm³/mol. The van der Waals surface area contributed by atoms with Gasteiger partial charge >= 0.3 is 0 Å².